The second-order valence-corrected chi connectivity index (χ2v) is 8.70. The van der Waals surface area contributed by atoms with Crippen molar-refractivity contribution in [3.8, 4) is 5.75 Å². The van der Waals surface area contributed by atoms with Gasteiger partial charge in [-0.15, -0.1) is 0 Å². The van der Waals surface area contributed by atoms with Crippen LogP contribution in [-0.4, -0.2) is 86.7 Å². The van der Waals surface area contributed by atoms with Gasteiger partial charge >= 0.3 is 0 Å². The van der Waals surface area contributed by atoms with Gasteiger partial charge in [0.25, 0.3) is 0 Å². The number of ether oxygens (including phenoxy) is 2. The molecular formula is C22H33N3O3. The number of likely N-dealkylation sites (N-methyl/N-ethyl adjacent to an activating group) is 1. The van der Waals surface area contributed by atoms with Gasteiger partial charge in [0.15, 0.2) is 0 Å². The number of carbonyl (C=O) groups is 1. The van der Waals surface area contributed by atoms with Crippen molar-refractivity contribution in [3.63, 3.8) is 0 Å². The minimum Gasteiger partial charge on any atom is -0.497 e. The maximum absolute atomic E-state index is 13.0. The molecule has 0 saturated carbocycles. The topological polar surface area (TPSA) is 45.3 Å². The molecule has 1 aromatic rings. The largest absolute Gasteiger partial charge is 0.497 e. The van der Waals surface area contributed by atoms with Crippen molar-refractivity contribution >= 4 is 5.91 Å². The van der Waals surface area contributed by atoms with Crippen molar-refractivity contribution in [1.29, 1.82) is 0 Å². The van der Waals surface area contributed by atoms with Crippen molar-refractivity contribution in [2.75, 3.05) is 60.1 Å². The number of carbonyl (C=O) groups excluding carboxylic acids is 1. The zero-order valence-corrected chi connectivity index (χ0v) is 17.2. The normalized spacial score (nSPS) is 25.9. The van der Waals surface area contributed by atoms with Crippen molar-refractivity contribution in [2.45, 2.75) is 31.8 Å². The lowest BCUT2D eigenvalue weighted by molar-refractivity contribution is -0.139. The molecule has 0 aromatic heterocycles. The molecule has 6 heteroatoms. The summed E-state index contributed by atoms with van der Waals surface area (Å²) < 4.78 is 10.8. The highest BCUT2D eigenvalue weighted by Crippen LogP contribution is 2.43. The number of hydrogen-bond donors (Lipinski definition) is 0. The minimum absolute atomic E-state index is 0.0445. The maximum Gasteiger partial charge on any atom is 0.240 e. The molecule has 3 aliphatic heterocycles. The highest BCUT2D eigenvalue weighted by atomic mass is 16.5. The van der Waals surface area contributed by atoms with Gasteiger partial charge in [0.05, 0.1) is 26.4 Å². The number of benzene rings is 1. The molecule has 3 fully saturated rings. The molecular weight excluding hydrogens is 354 g/mol. The van der Waals surface area contributed by atoms with E-state index in [2.05, 4.69) is 35.0 Å². The Bertz CT molecular complexity index is 681. The van der Waals surface area contributed by atoms with Crippen LogP contribution in [0.5, 0.6) is 5.75 Å². The quantitative estimate of drug-likeness (QED) is 0.789. The first-order valence-electron chi connectivity index (χ1n) is 10.5. The lowest BCUT2D eigenvalue weighted by Gasteiger charge is -2.39. The third-order valence-electron chi connectivity index (χ3n) is 6.81. The van der Waals surface area contributed by atoms with Gasteiger partial charge in [-0.05, 0) is 62.5 Å². The molecule has 0 bridgehead atoms. The predicted octanol–water partition coefficient (Wildman–Crippen LogP) is 1.84. The van der Waals surface area contributed by atoms with Crippen LogP contribution in [0.1, 0.15) is 24.8 Å². The Hall–Kier alpha value is -1.63. The van der Waals surface area contributed by atoms with Crippen molar-refractivity contribution in [1.82, 2.24) is 14.7 Å². The number of piperidine rings is 1. The van der Waals surface area contributed by atoms with Crippen LogP contribution < -0.4 is 4.74 Å². The molecule has 3 saturated heterocycles. The summed E-state index contributed by atoms with van der Waals surface area (Å²) in [7, 11) is 3.84. The number of methoxy groups -OCH3 is 1. The van der Waals surface area contributed by atoms with Gasteiger partial charge in [-0.3, -0.25) is 14.6 Å². The molecule has 1 atom stereocenters. The lowest BCUT2D eigenvalue weighted by atomic mass is 9.76. The first-order valence-corrected chi connectivity index (χ1v) is 10.5. The monoisotopic (exact) mass is 387 g/mol. The zero-order chi connectivity index (χ0) is 19.6. The lowest BCUT2D eigenvalue weighted by Crippen LogP contribution is -2.48. The number of hydrogen-bond acceptors (Lipinski definition) is 5. The summed E-state index contributed by atoms with van der Waals surface area (Å²) in [6.45, 7) is 7.04. The molecule has 1 unspecified atom stereocenters. The van der Waals surface area contributed by atoms with E-state index in [1.165, 1.54) is 18.4 Å². The molecule has 28 heavy (non-hydrogen) atoms. The Morgan fingerprint density at radius 3 is 2.68 bits per heavy atom. The summed E-state index contributed by atoms with van der Waals surface area (Å²) in [6.07, 6.45) is 3.36. The standard InChI is InChI=1S/C22H33N3O3/c1-23-17-22(15-20(23)21(26)25-10-12-28-13-11-25)6-8-24(9-7-22)16-18-4-3-5-19(14-18)27-2/h3-5,14,20H,6-13,15-17H2,1-2H3. The number of nitrogens with zero attached hydrogens (tertiary/aromatic N) is 3. The molecule has 154 valence electrons. The van der Waals surface area contributed by atoms with Crippen LogP contribution in [0.3, 0.4) is 0 Å². The van der Waals surface area contributed by atoms with Gasteiger partial charge < -0.3 is 14.4 Å². The van der Waals surface area contributed by atoms with Gasteiger partial charge in [-0.1, -0.05) is 12.1 Å². The van der Waals surface area contributed by atoms with E-state index >= 15 is 0 Å². The Kier molecular flexibility index (Phi) is 5.90. The fourth-order valence-electron chi connectivity index (χ4n) is 5.12. The molecule has 0 N–H and O–H groups in total. The fraction of sp³-hybridized carbons (Fsp3) is 0.682. The third kappa shape index (κ3) is 4.19. The van der Waals surface area contributed by atoms with Crippen molar-refractivity contribution in [2.24, 2.45) is 5.41 Å². The van der Waals surface area contributed by atoms with Crippen LogP contribution in [0.4, 0.5) is 0 Å². The van der Waals surface area contributed by atoms with Crippen molar-refractivity contribution in [3.05, 3.63) is 29.8 Å². The van der Waals surface area contributed by atoms with E-state index in [4.69, 9.17) is 9.47 Å². The highest BCUT2D eigenvalue weighted by Gasteiger charge is 2.47. The second kappa shape index (κ2) is 8.39. The molecule has 0 aliphatic carbocycles. The SMILES string of the molecule is COc1cccc(CN2CCC3(CC2)CC(C(=O)N2CCOCC2)N(C)C3)c1. The number of rotatable bonds is 4. The predicted molar refractivity (Wildman–Crippen MR) is 108 cm³/mol. The highest BCUT2D eigenvalue weighted by molar-refractivity contribution is 5.82. The third-order valence-corrected chi connectivity index (χ3v) is 6.81. The minimum atomic E-state index is 0.0445. The first kappa shape index (κ1) is 19.7. The Labute approximate surface area is 168 Å². The zero-order valence-electron chi connectivity index (χ0n) is 17.2. The molecule has 1 amide bonds. The summed E-state index contributed by atoms with van der Waals surface area (Å²) in [4.78, 5) is 19.9. The van der Waals surface area contributed by atoms with Crippen LogP contribution in [0.25, 0.3) is 0 Å². The molecule has 3 aliphatic rings. The molecule has 6 nitrogen and oxygen atoms in total. The van der Waals surface area contributed by atoms with Gasteiger partial charge in [0.1, 0.15) is 5.75 Å². The molecule has 4 rings (SSSR count). The average Bonchev–Trinajstić information content (AvgIpc) is 3.06. The van der Waals surface area contributed by atoms with E-state index in [1.54, 1.807) is 7.11 Å². The summed E-state index contributed by atoms with van der Waals surface area (Å²) in [6, 6.07) is 8.41. The Morgan fingerprint density at radius 2 is 1.96 bits per heavy atom. The average molecular weight is 388 g/mol. The summed E-state index contributed by atoms with van der Waals surface area (Å²) in [5.41, 5.74) is 1.60. The summed E-state index contributed by atoms with van der Waals surface area (Å²) in [5.74, 6) is 1.23. The van der Waals surface area contributed by atoms with Crippen LogP contribution in [0, 0.1) is 5.41 Å². The van der Waals surface area contributed by atoms with Gasteiger partial charge in [-0.2, -0.15) is 0 Å². The Morgan fingerprint density at radius 1 is 1.21 bits per heavy atom. The van der Waals surface area contributed by atoms with E-state index in [9.17, 15) is 4.79 Å². The van der Waals surface area contributed by atoms with Crippen LogP contribution in [-0.2, 0) is 16.1 Å². The maximum atomic E-state index is 13.0. The number of amides is 1. The van der Waals surface area contributed by atoms with Crippen LogP contribution >= 0.6 is 0 Å². The van der Waals surface area contributed by atoms with Gasteiger partial charge in [0.2, 0.25) is 5.91 Å². The Balaban J connectivity index is 1.33. The fourth-order valence-corrected chi connectivity index (χ4v) is 5.12. The van der Waals surface area contributed by atoms with E-state index in [0.717, 1.165) is 51.4 Å². The van der Waals surface area contributed by atoms with Gasteiger partial charge in [0, 0.05) is 26.2 Å². The first-order chi connectivity index (χ1) is 13.6. The number of morpholine rings is 1. The van der Waals surface area contributed by atoms with E-state index in [-0.39, 0.29) is 6.04 Å². The van der Waals surface area contributed by atoms with E-state index in [1.807, 2.05) is 11.0 Å². The van der Waals surface area contributed by atoms with Crippen LogP contribution in [0.15, 0.2) is 24.3 Å². The summed E-state index contributed by atoms with van der Waals surface area (Å²) in [5, 5.41) is 0. The molecule has 1 spiro atoms. The second-order valence-electron chi connectivity index (χ2n) is 8.70. The number of likely N-dealkylation sites (tertiary alicyclic amines) is 2. The molecule has 1 aromatic carbocycles. The van der Waals surface area contributed by atoms with Gasteiger partial charge in [-0.25, -0.2) is 0 Å². The van der Waals surface area contributed by atoms with Crippen LogP contribution in [0.2, 0.25) is 0 Å². The smallest absolute Gasteiger partial charge is 0.240 e. The molecule has 3 heterocycles. The summed E-state index contributed by atoms with van der Waals surface area (Å²) >= 11 is 0. The van der Waals surface area contributed by atoms with Crippen molar-refractivity contribution < 1.29 is 14.3 Å². The van der Waals surface area contributed by atoms with E-state index in [0.29, 0.717) is 24.5 Å². The molecule has 0 radical (unpaired) electrons. The van der Waals surface area contributed by atoms with E-state index < -0.39 is 0 Å².